The van der Waals surface area contributed by atoms with E-state index in [2.05, 4.69) is 5.32 Å². The third-order valence-electron chi connectivity index (χ3n) is 3.88. The molecular weight excluding hydrogens is 274 g/mol. The molecule has 0 radical (unpaired) electrons. The van der Waals surface area contributed by atoms with Crippen LogP contribution < -0.4 is 11.1 Å². The first kappa shape index (κ1) is 15.2. The van der Waals surface area contributed by atoms with Crippen molar-refractivity contribution < 1.29 is 14.8 Å². The fourth-order valence-electron chi connectivity index (χ4n) is 2.61. The van der Waals surface area contributed by atoms with Crippen molar-refractivity contribution in [3.63, 3.8) is 0 Å². The summed E-state index contributed by atoms with van der Waals surface area (Å²) in [6.45, 7) is 0.365. The molecule has 0 heterocycles. The predicted octanol–water partition coefficient (Wildman–Crippen LogP) is 1.69. The number of carbonyl (C=O) groups is 1. The highest BCUT2D eigenvalue weighted by Gasteiger charge is 2.28. The molecule has 21 heavy (non-hydrogen) atoms. The largest absolute Gasteiger partial charge is 0.502 e. The van der Waals surface area contributed by atoms with E-state index in [0.29, 0.717) is 6.54 Å². The molecule has 1 aliphatic carbocycles. The van der Waals surface area contributed by atoms with Gasteiger partial charge in [0.15, 0.2) is 5.75 Å². The molecule has 7 heteroatoms. The molecule has 0 unspecified atom stereocenters. The molecule has 1 aliphatic rings. The Hall–Kier alpha value is -2.15. The van der Waals surface area contributed by atoms with Gasteiger partial charge in [-0.25, -0.2) is 0 Å². The Balaban J connectivity index is 2.00. The predicted molar refractivity (Wildman–Crippen MR) is 77.1 cm³/mol. The molecule has 1 amide bonds. The number of hydrogen-bond donors (Lipinski definition) is 3. The van der Waals surface area contributed by atoms with E-state index in [0.717, 1.165) is 37.8 Å². The second-order valence-corrected chi connectivity index (χ2v) is 5.57. The van der Waals surface area contributed by atoms with Gasteiger partial charge in [-0.3, -0.25) is 14.9 Å². The Labute approximate surface area is 122 Å². The first-order chi connectivity index (χ1) is 9.91. The number of hydrogen-bond acceptors (Lipinski definition) is 5. The van der Waals surface area contributed by atoms with E-state index < -0.39 is 22.3 Å². The van der Waals surface area contributed by atoms with E-state index in [1.54, 1.807) is 0 Å². The Kier molecular flexibility index (Phi) is 4.42. The molecule has 0 spiro atoms. The maximum atomic E-state index is 12.0. The van der Waals surface area contributed by atoms with E-state index >= 15 is 0 Å². The average Bonchev–Trinajstić information content (AvgIpc) is 2.45. The van der Waals surface area contributed by atoms with E-state index in [-0.39, 0.29) is 11.1 Å². The van der Waals surface area contributed by atoms with Gasteiger partial charge in [0.05, 0.1) is 4.92 Å². The molecule has 0 atom stereocenters. The van der Waals surface area contributed by atoms with E-state index in [1.165, 1.54) is 12.5 Å². The van der Waals surface area contributed by atoms with Crippen LogP contribution in [0, 0.1) is 10.1 Å². The van der Waals surface area contributed by atoms with Crippen molar-refractivity contribution in [3.8, 4) is 5.75 Å². The van der Waals surface area contributed by atoms with E-state index in [9.17, 15) is 20.0 Å². The summed E-state index contributed by atoms with van der Waals surface area (Å²) in [6.07, 6.45) is 5.04. The number of benzene rings is 1. The van der Waals surface area contributed by atoms with Crippen LogP contribution in [0.15, 0.2) is 18.2 Å². The van der Waals surface area contributed by atoms with Gasteiger partial charge in [-0.2, -0.15) is 0 Å². The Morgan fingerprint density at radius 1 is 1.38 bits per heavy atom. The van der Waals surface area contributed by atoms with Crippen LogP contribution in [0.4, 0.5) is 5.69 Å². The average molecular weight is 293 g/mol. The number of nitro benzene ring substituents is 1. The van der Waals surface area contributed by atoms with Crippen LogP contribution in [0.1, 0.15) is 42.5 Å². The number of nitrogens with one attached hydrogen (secondary N) is 1. The summed E-state index contributed by atoms with van der Waals surface area (Å²) in [5.74, 6) is -0.914. The number of nitrogens with two attached hydrogens (primary N) is 1. The van der Waals surface area contributed by atoms with Crippen LogP contribution >= 0.6 is 0 Å². The zero-order valence-electron chi connectivity index (χ0n) is 11.7. The molecule has 1 aromatic rings. The van der Waals surface area contributed by atoms with Crippen LogP contribution in [0.5, 0.6) is 5.75 Å². The van der Waals surface area contributed by atoms with Gasteiger partial charge < -0.3 is 16.2 Å². The van der Waals surface area contributed by atoms with Crippen LogP contribution in [0.2, 0.25) is 0 Å². The summed E-state index contributed by atoms with van der Waals surface area (Å²) in [6, 6.07) is 3.53. The van der Waals surface area contributed by atoms with Crippen molar-refractivity contribution >= 4 is 11.6 Å². The zero-order valence-corrected chi connectivity index (χ0v) is 11.7. The lowest BCUT2D eigenvalue weighted by Gasteiger charge is -2.33. The molecular formula is C14H19N3O4. The van der Waals surface area contributed by atoms with Gasteiger partial charge in [-0.05, 0) is 25.0 Å². The standard InChI is InChI=1S/C14H19N3O4/c15-14(6-2-1-3-7-14)9-16-13(19)10-4-5-11(17(20)21)12(18)8-10/h4-5,8,18H,1-3,6-7,9,15H2,(H,16,19). The topological polar surface area (TPSA) is 118 Å². The van der Waals surface area contributed by atoms with Gasteiger partial charge in [0.2, 0.25) is 0 Å². The minimum atomic E-state index is -0.700. The van der Waals surface area contributed by atoms with Crippen LogP contribution in [-0.4, -0.2) is 28.0 Å². The molecule has 0 aromatic heterocycles. The first-order valence-electron chi connectivity index (χ1n) is 6.96. The molecule has 2 rings (SSSR count). The summed E-state index contributed by atoms with van der Waals surface area (Å²) < 4.78 is 0. The minimum absolute atomic E-state index is 0.178. The number of phenols is 1. The lowest BCUT2D eigenvalue weighted by Crippen LogP contribution is -2.51. The summed E-state index contributed by atoms with van der Waals surface area (Å²) in [4.78, 5) is 21.9. The van der Waals surface area contributed by atoms with Gasteiger partial charge in [-0.15, -0.1) is 0 Å². The highest BCUT2D eigenvalue weighted by Crippen LogP contribution is 2.27. The van der Waals surface area contributed by atoms with Gasteiger partial charge in [-0.1, -0.05) is 19.3 Å². The second kappa shape index (κ2) is 6.09. The summed E-state index contributed by atoms with van der Waals surface area (Å²) >= 11 is 0. The summed E-state index contributed by atoms with van der Waals surface area (Å²) in [7, 11) is 0. The molecule has 0 saturated heterocycles. The zero-order chi connectivity index (χ0) is 15.5. The second-order valence-electron chi connectivity index (χ2n) is 5.57. The third kappa shape index (κ3) is 3.69. The van der Waals surface area contributed by atoms with Crippen molar-refractivity contribution in [1.29, 1.82) is 0 Å². The number of phenolic OH excluding ortho intramolecular Hbond substituents is 1. The van der Waals surface area contributed by atoms with Gasteiger partial charge >= 0.3 is 5.69 Å². The van der Waals surface area contributed by atoms with Crippen molar-refractivity contribution in [3.05, 3.63) is 33.9 Å². The van der Waals surface area contributed by atoms with Crippen molar-refractivity contribution in [2.75, 3.05) is 6.54 Å². The monoisotopic (exact) mass is 293 g/mol. The van der Waals surface area contributed by atoms with Gasteiger partial charge in [0.25, 0.3) is 5.91 Å². The van der Waals surface area contributed by atoms with Crippen molar-refractivity contribution in [2.45, 2.75) is 37.6 Å². The van der Waals surface area contributed by atoms with Crippen LogP contribution in [0.3, 0.4) is 0 Å². The summed E-state index contributed by atoms with van der Waals surface area (Å²) in [5, 5.41) is 22.9. The fraction of sp³-hybridized carbons (Fsp3) is 0.500. The van der Waals surface area contributed by atoms with Gasteiger partial charge in [0.1, 0.15) is 0 Å². The smallest absolute Gasteiger partial charge is 0.310 e. The SMILES string of the molecule is NC1(CNC(=O)c2ccc([N+](=O)[O-])c(O)c2)CCCCC1. The molecule has 0 aliphatic heterocycles. The third-order valence-corrected chi connectivity index (χ3v) is 3.88. The quantitative estimate of drug-likeness (QED) is 0.576. The normalized spacial score (nSPS) is 17.2. The number of nitro groups is 1. The van der Waals surface area contributed by atoms with Crippen LogP contribution in [0.25, 0.3) is 0 Å². The van der Waals surface area contributed by atoms with E-state index in [4.69, 9.17) is 5.73 Å². The molecule has 1 saturated carbocycles. The lowest BCUT2D eigenvalue weighted by atomic mass is 9.82. The number of nitrogens with zero attached hydrogens (tertiary/aromatic N) is 1. The number of carbonyl (C=O) groups excluding carboxylic acids is 1. The highest BCUT2D eigenvalue weighted by atomic mass is 16.6. The fourth-order valence-corrected chi connectivity index (χ4v) is 2.61. The molecule has 0 bridgehead atoms. The first-order valence-corrected chi connectivity index (χ1v) is 6.96. The molecule has 7 nitrogen and oxygen atoms in total. The Bertz CT molecular complexity index is 553. The molecule has 114 valence electrons. The summed E-state index contributed by atoms with van der Waals surface area (Å²) in [5.41, 5.74) is 5.60. The number of amides is 1. The molecule has 1 fully saturated rings. The van der Waals surface area contributed by atoms with Crippen molar-refractivity contribution in [1.82, 2.24) is 5.32 Å². The number of rotatable bonds is 4. The maximum absolute atomic E-state index is 12.0. The Morgan fingerprint density at radius 3 is 2.62 bits per heavy atom. The van der Waals surface area contributed by atoms with E-state index in [1.807, 2.05) is 0 Å². The van der Waals surface area contributed by atoms with Gasteiger partial charge in [0, 0.05) is 23.7 Å². The highest BCUT2D eigenvalue weighted by molar-refractivity contribution is 5.95. The maximum Gasteiger partial charge on any atom is 0.310 e. The Morgan fingerprint density at radius 2 is 2.05 bits per heavy atom. The van der Waals surface area contributed by atoms with Crippen molar-refractivity contribution in [2.24, 2.45) is 5.73 Å². The number of aromatic hydroxyl groups is 1. The minimum Gasteiger partial charge on any atom is -0.502 e. The lowest BCUT2D eigenvalue weighted by molar-refractivity contribution is -0.385. The molecule has 1 aromatic carbocycles. The molecule has 4 N–H and O–H groups in total. The van der Waals surface area contributed by atoms with Crippen LogP contribution in [-0.2, 0) is 0 Å².